The lowest BCUT2D eigenvalue weighted by molar-refractivity contribution is 0.594. The molecule has 2 rings (SSSR count). The fraction of sp³-hybridized carbons (Fsp3) is 0.143. The fourth-order valence-electron chi connectivity index (χ4n) is 1.79. The molecule has 0 aliphatic rings. The van der Waals surface area contributed by atoms with E-state index in [2.05, 4.69) is 0 Å². The van der Waals surface area contributed by atoms with Gasteiger partial charge in [-0.05, 0) is 42.3 Å². The van der Waals surface area contributed by atoms with Crippen molar-refractivity contribution >= 4 is 33.0 Å². The highest BCUT2D eigenvalue weighted by atomic mass is 35.5. The molecule has 106 valence electrons. The standard InChI is InChI=1S/C14H11Cl2FO2S/c1-9-5-14(13(16)7-12(9)15)20(18,19)8-10-3-2-4-11(17)6-10/h2-7H,8H2,1H3. The highest BCUT2D eigenvalue weighted by Crippen LogP contribution is 2.30. The normalized spacial score (nSPS) is 11.6. The Hall–Kier alpha value is -1.10. The lowest BCUT2D eigenvalue weighted by atomic mass is 10.2. The topological polar surface area (TPSA) is 34.1 Å². The summed E-state index contributed by atoms with van der Waals surface area (Å²) in [5.41, 5.74) is 0.988. The third-order valence-corrected chi connectivity index (χ3v) is 5.35. The predicted octanol–water partition coefficient (Wildman–Crippen LogP) is 4.41. The van der Waals surface area contributed by atoms with Gasteiger partial charge in [-0.1, -0.05) is 35.3 Å². The highest BCUT2D eigenvalue weighted by molar-refractivity contribution is 7.90. The summed E-state index contributed by atoms with van der Waals surface area (Å²) in [5.74, 6) is -0.790. The quantitative estimate of drug-likeness (QED) is 0.833. The molecule has 2 nitrogen and oxygen atoms in total. The van der Waals surface area contributed by atoms with Crippen LogP contribution in [-0.2, 0) is 15.6 Å². The Bertz CT molecular complexity index is 758. The molecule has 2 aromatic rings. The summed E-state index contributed by atoms with van der Waals surface area (Å²) in [6.45, 7) is 1.69. The van der Waals surface area contributed by atoms with Gasteiger partial charge in [-0.2, -0.15) is 0 Å². The Morgan fingerprint density at radius 3 is 2.45 bits per heavy atom. The minimum atomic E-state index is -3.66. The van der Waals surface area contributed by atoms with Gasteiger partial charge in [0.25, 0.3) is 0 Å². The van der Waals surface area contributed by atoms with Crippen LogP contribution in [-0.4, -0.2) is 8.42 Å². The first-order chi connectivity index (χ1) is 9.29. The van der Waals surface area contributed by atoms with Crippen molar-refractivity contribution in [1.29, 1.82) is 0 Å². The minimum absolute atomic E-state index is 0.00493. The SMILES string of the molecule is Cc1cc(S(=O)(=O)Cc2cccc(F)c2)c(Cl)cc1Cl. The van der Waals surface area contributed by atoms with Crippen molar-refractivity contribution in [1.82, 2.24) is 0 Å². The van der Waals surface area contributed by atoms with E-state index in [-0.39, 0.29) is 15.7 Å². The smallest absolute Gasteiger partial charge is 0.183 e. The second-order valence-electron chi connectivity index (χ2n) is 4.42. The van der Waals surface area contributed by atoms with Crippen LogP contribution >= 0.6 is 23.2 Å². The van der Waals surface area contributed by atoms with E-state index in [4.69, 9.17) is 23.2 Å². The van der Waals surface area contributed by atoms with Crippen LogP contribution in [0.2, 0.25) is 10.0 Å². The zero-order valence-electron chi connectivity index (χ0n) is 10.5. The average Bonchev–Trinajstić information content (AvgIpc) is 2.33. The molecule has 2 aromatic carbocycles. The number of hydrogen-bond acceptors (Lipinski definition) is 2. The molecule has 20 heavy (non-hydrogen) atoms. The number of benzene rings is 2. The van der Waals surface area contributed by atoms with Crippen molar-refractivity contribution in [2.45, 2.75) is 17.6 Å². The number of hydrogen-bond donors (Lipinski definition) is 0. The van der Waals surface area contributed by atoms with E-state index in [9.17, 15) is 12.8 Å². The summed E-state index contributed by atoms with van der Waals surface area (Å²) in [6.07, 6.45) is 0. The summed E-state index contributed by atoms with van der Waals surface area (Å²) in [4.78, 5) is 0.00493. The van der Waals surface area contributed by atoms with Crippen LogP contribution in [0.4, 0.5) is 4.39 Å². The molecule has 0 heterocycles. The van der Waals surface area contributed by atoms with Gasteiger partial charge < -0.3 is 0 Å². The third-order valence-electron chi connectivity index (χ3n) is 2.79. The second-order valence-corrected chi connectivity index (χ2v) is 7.19. The molecule has 0 spiro atoms. The maximum Gasteiger partial charge on any atom is 0.183 e. The van der Waals surface area contributed by atoms with Crippen molar-refractivity contribution in [3.8, 4) is 0 Å². The van der Waals surface area contributed by atoms with E-state index in [1.807, 2.05) is 0 Å². The molecule has 0 bridgehead atoms. The monoisotopic (exact) mass is 332 g/mol. The molecule has 0 N–H and O–H groups in total. The van der Waals surface area contributed by atoms with Crippen LogP contribution in [0.25, 0.3) is 0 Å². The van der Waals surface area contributed by atoms with Gasteiger partial charge in [-0.25, -0.2) is 12.8 Å². The van der Waals surface area contributed by atoms with Gasteiger partial charge in [-0.15, -0.1) is 0 Å². The summed E-state index contributed by atoms with van der Waals surface area (Å²) in [6, 6.07) is 8.30. The second kappa shape index (κ2) is 5.72. The number of rotatable bonds is 3. The van der Waals surface area contributed by atoms with E-state index >= 15 is 0 Å². The molecular formula is C14H11Cl2FO2S. The van der Waals surface area contributed by atoms with Gasteiger partial charge in [-0.3, -0.25) is 0 Å². The van der Waals surface area contributed by atoms with Crippen molar-refractivity contribution in [3.05, 3.63) is 63.4 Å². The number of halogens is 3. The zero-order valence-corrected chi connectivity index (χ0v) is 12.9. The lowest BCUT2D eigenvalue weighted by Gasteiger charge is -2.09. The number of aryl methyl sites for hydroxylation is 1. The maximum atomic E-state index is 13.1. The molecule has 0 aliphatic carbocycles. The predicted molar refractivity (Wildman–Crippen MR) is 78.5 cm³/mol. The van der Waals surface area contributed by atoms with Crippen LogP contribution in [0.3, 0.4) is 0 Å². The maximum absolute atomic E-state index is 13.1. The largest absolute Gasteiger partial charge is 0.223 e. The van der Waals surface area contributed by atoms with Crippen LogP contribution in [0, 0.1) is 12.7 Å². The number of sulfone groups is 1. The molecule has 0 aliphatic heterocycles. The van der Waals surface area contributed by atoms with E-state index < -0.39 is 15.7 Å². The Balaban J connectivity index is 2.43. The Labute approximate surface area is 127 Å². The van der Waals surface area contributed by atoms with Crippen molar-refractivity contribution in [3.63, 3.8) is 0 Å². The first-order valence-electron chi connectivity index (χ1n) is 5.72. The van der Waals surface area contributed by atoms with E-state index in [0.29, 0.717) is 16.1 Å². The van der Waals surface area contributed by atoms with Crippen molar-refractivity contribution < 1.29 is 12.8 Å². The summed E-state index contributed by atoms with van der Waals surface area (Å²) in [5, 5.41) is 0.469. The van der Waals surface area contributed by atoms with Gasteiger partial charge in [0.05, 0.1) is 15.7 Å². The molecule has 0 fully saturated rings. The van der Waals surface area contributed by atoms with Gasteiger partial charge in [0.1, 0.15) is 5.82 Å². The molecular weight excluding hydrogens is 322 g/mol. The van der Waals surface area contributed by atoms with Crippen LogP contribution in [0.5, 0.6) is 0 Å². The third kappa shape index (κ3) is 3.32. The molecule has 0 atom stereocenters. The highest BCUT2D eigenvalue weighted by Gasteiger charge is 2.20. The molecule has 0 saturated carbocycles. The zero-order chi connectivity index (χ0) is 14.9. The van der Waals surface area contributed by atoms with Gasteiger partial charge >= 0.3 is 0 Å². The summed E-state index contributed by atoms with van der Waals surface area (Å²) in [7, 11) is -3.66. The van der Waals surface area contributed by atoms with Gasteiger partial charge in [0.15, 0.2) is 9.84 Å². The Morgan fingerprint density at radius 1 is 1.10 bits per heavy atom. The first-order valence-corrected chi connectivity index (χ1v) is 8.13. The average molecular weight is 333 g/mol. The van der Waals surface area contributed by atoms with Gasteiger partial charge in [0.2, 0.25) is 0 Å². The molecule has 0 amide bonds. The van der Waals surface area contributed by atoms with Crippen LogP contribution < -0.4 is 0 Å². The van der Waals surface area contributed by atoms with Crippen LogP contribution in [0.15, 0.2) is 41.3 Å². The molecule has 0 radical (unpaired) electrons. The van der Waals surface area contributed by atoms with Crippen molar-refractivity contribution in [2.24, 2.45) is 0 Å². The van der Waals surface area contributed by atoms with Gasteiger partial charge in [0, 0.05) is 5.02 Å². The molecule has 0 aromatic heterocycles. The lowest BCUT2D eigenvalue weighted by Crippen LogP contribution is -2.06. The first kappa shape index (κ1) is 15.3. The van der Waals surface area contributed by atoms with Crippen LogP contribution in [0.1, 0.15) is 11.1 Å². The summed E-state index contributed by atoms with van der Waals surface area (Å²) >= 11 is 11.8. The van der Waals surface area contributed by atoms with Crippen molar-refractivity contribution in [2.75, 3.05) is 0 Å². The Kier molecular flexibility index (Phi) is 4.37. The molecule has 6 heteroatoms. The fourth-order valence-corrected chi connectivity index (χ4v) is 4.02. The minimum Gasteiger partial charge on any atom is -0.223 e. The van der Waals surface area contributed by atoms with E-state index in [0.717, 1.165) is 0 Å². The Morgan fingerprint density at radius 2 is 1.80 bits per heavy atom. The van der Waals surface area contributed by atoms with E-state index in [1.165, 1.54) is 30.3 Å². The van der Waals surface area contributed by atoms with E-state index in [1.54, 1.807) is 13.0 Å². The molecule has 0 unspecified atom stereocenters. The summed E-state index contributed by atoms with van der Waals surface area (Å²) < 4.78 is 37.8. The molecule has 0 saturated heterocycles.